The van der Waals surface area contributed by atoms with E-state index in [-0.39, 0.29) is 0 Å². The average molecular weight is 416 g/mol. The lowest BCUT2D eigenvalue weighted by atomic mass is 9.75. The number of hydrogen-bond donors (Lipinski definition) is 2. The molecule has 0 amide bonds. The Balaban J connectivity index is 1.22. The van der Waals surface area contributed by atoms with Gasteiger partial charge in [-0.05, 0) is 93.6 Å². The maximum Gasteiger partial charge on any atom is 0.170 e. The van der Waals surface area contributed by atoms with Crippen LogP contribution >= 0.6 is 12.2 Å². The molecule has 4 heterocycles. The van der Waals surface area contributed by atoms with Gasteiger partial charge in [0.05, 0.1) is 0 Å². The molecule has 4 atom stereocenters. The monoisotopic (exact) mass is 415 g/mol. The molecule has 0 aliphatic carbocycles. The van der Waals surface area contributed by atoms with Crippen LogP contribution in [0.1, 0.15) is 32.1 Å². The van der Waals surface area contributed by atoms with Gasteiger partial charge in [-0.2, -0.15) is 0 Å². The molecule has 4 aliphatic heterocycles. The van der Waals surface area contributed by atoms with E-state index in [1.165, 1.54) is 70.5 Å². The fourth-order valence-electron chi connectivity index (χ4n) is 5.37. The molecule has 160 valence electrons. The molecule has 4 saturated heterocycles. The molecule has 6 heteroatoms. The summed E-state index contributed by atoms with van der Waals surface area (Å²) in [6.45, 7) is 7.46. The van der Waals surface area contributed by atoms with E-state index in [4.69, 9.17) is 12.2 Å². The van der Waals surface area contributed by atoms with E-state index < -0.39 is 0 Å². The minimum Gasteiger partial charge on any atom is -0.378 e. The molecule has 0 aromatic heterocycles. The standard InChI is InChI=1S/C23H37N5S/c1-26(2)21-8-6-20(7-9-21)25-23(29)24-15-22-14-18-10-13-28(22)17-19(18)16-27-11-4-3-5-12-27/h6-9,18-19,22H,3-5,10-17H2,1-2H3,(H2,24,25,29)/t18-,19-,22+/m0/s1. The first-order chi connectivity index (χ1) is 14.1. The lowest BCUT2D eigenvalue weighted by molar-refractivity contribution is -0.0124. The molecule has 1 aromatic carbocycles. The third kappa shape index (κ3) is 5.41. The molecule has 1 unspecified atom stereocenters. The minimum atomic E-state index is 0.627. The second-order valence-corrected chi connectivity index (χ2v) is 9.74. The molecular formula is C23H37N5S. The molecule has 0 radical (unpaired) electrons. The summed E-state index contributed by atoms with van der Waals surface area (Å²) < 4.78 is 0. The highest BCUT2D eigenvalue weighted by atomic mass is 32.1. The first-order valence-corrected chi connectivity index (χ1v) is 11.8. The van der Waals surface area contributed by atoms with Crippen LogP contribution in [0, 0.1) is 11.8 Å². The predicted molar refractivity (Wildman–Crippen MR) is 127 cm³/mol. The van der Waals surface area contributed by atoms with E-state index in [2.05, 4.69) is 63.7 Å². The van der Waals surface area contributed by atoms with Gasteiger partial charge in [-0.15, -0.1) is 0 Å². The van der Waals surface area contributed by atoms with Crippen LogP contribution in [0.3, 0.4) is 0 Å². The summed E-state index contributed by atoms with van der Waals surface area (Å²) in [4.78, 5) is 7.55. The first-order valence-electron chi connectivity index (χ1n) is 11.4. The SMILES string of the molecule is CN(C)c1ccc(NC(=S)NC[C@H]2C[C@@H]3CCN2C[C@@H]3CN2CCCCC2)cc1. The normalized spacial score (nSPS) is 29.4. The summed E-state index contributed by atoms with van der Waals surface area (Å²) >= 11 is 5.55. The van der Waals surface area contributed by atoms with Crippen LogP contribution in [0.2, 0.25) is 0 Å². The average Bonchev–Trinajstić information content (AvgIpc) is 2.74. The molecular weight excluding hydrogens is 378 g/mol. The van der Waals surface area contributed by atoms with Crippen molar-refractivity contribution in [1.82, 2.24) is 15.1 Å². The number of likely N-dealkylation sites (tertiary alicyclic amines) is 1. The Kier molecular flexibility index (Phi) is 6.93. The molecule has 4 aliphatic rings. The maximum atomic E-state index is 5.55. The third-order valence-electron chi connectivity index (χ3n) is 7.10. The lowest BCUT2D eigenvalue weighted by Gasteiger charge is -2.51. The van der Waals surface area contributed by atoms with Crippen molar-refractivity contribution in [3.63, 3.8) is 0 Å². The van der Waals surface area contributed by atoms with Gasteiger partial charge >= 0.3 is 0 Å². The third-order valence-corrected chi connectivity index (χ3v) is 7.34. The molecule has 0 spiro atoms. The van der Waals surface area contributed by atoms with Gasteiger partial charge in [0.25, 0.3) is 0 Å². The first kappa shape index (κ1) is 20.9. The van der Waals surface area contributed by atoms with Gasteiger partial charge in [0.2, 0.25) is 0 Å². The van der Waals surface area contributed by atoms with E-state index in [1.54, 1.807) is 0 Å². The molecule has 5 nitrogen and oxygen atoms in total. The number of rotatable bonds is 6. The zero-order valence-corrected chi connectivity index (χ0v) is 18.9. The number of piperidine rings is 4. The summed E-state index contributed by atoms with van der Waals surface area (Å²) in [6.07, 6.45) is 6.94. The lowest BCUT2D eigenvalue weighted by Crippen LogP contribution is -2.58. The van der Waals surface area contributed by atoms with Gasteiger partial charge in [0.15, 0.2) is 5.11 Å². The van der Waals surface area contributed by atoms with E-state index in [9.17, 15) is 0 Å². The molecule has 29 heavy (non-hydrogen) atoms. The summed E-state index contributed by atoms with van der Waals surface area (Å²) in [5, 5.41) is 7.54. The van der Waals surface area contributed by atoms with Crippen LogP contribution in [0.15, 0.2) is 24.3 Å². The van der Waals surface area contributed by atoms with Crippen LogP contribution in [-0.2, 0) is 0 Å². The Morgan fingerprint density at radius 2 is 1.86 bits per heavy atom. The molecule has 0 saturated carbocycles. The summed E-state index contributed by atoms with van der Waals surface area (Å²) in [5.41, 5.74) is 2.24. The number of fused-ring (bicyclic) bond motifs is 3. The van der Waals surface area contributed by atoms with Gasteiger partial charge in [0, 0.05) is 51.1 Å². The van der Waals surface area contributed by atoms with Gasteiger partial charge < -0.3 is 20.4 Å². The number of hydrogen-bond acceptors (Lipinski definition) is 4. The smallest absolute Gasteiger partial charge is 0.170 e. The van der Waals surface area contributed by atoms with E-state index in [0.29, 0.717) is 6.04 Å². The van der Waals surface area contributed by atoms with Gasteiger partial charge in [-0.25, -0.2) is 0 Å². The molecule has 1 aromatic rings. The second-order valence-electron chi connectivity index (χ2n) is 9.33. The topological polar surface area (TPSA) is 33.8 Å². The van der Waals surface area contributed by atoms with Crippen LogP contribution in [0.4, 0.5) is 11.4 Å². The van der Waals surface area contributed by atoms with Gasteiger partial charge in [-0.1, -0.05) is 6.42 Å². The van der Waals surface area contributed by atoms with Crippen LogP contribution in [0.5, 0.6) is 0 Å². The summed E-state index contributed by atoms with van der Waals surface area (Å²) in [5.74, 6) is 1.77. The highest BCUT2D eigenvalue weighted by molar-refractivity contribution is 7.80. The molecule has 4 fully saturated rings. The van der Waals surface area contributed by atoms with Crippen molar-refractivity contribution in [3.05, 3.63) is 24.3 Å². The van der Waals surface area contributed by atoms with Gasteiger partial charge in [0.1, 0.15) is 0 Å². The number of anilines is 2. The second kappa shape index (κ2) is 9.63. The Morgan fingerprint density at radius 1 is 1.10 bits per heavy atom. The number of benzene rings is 1. The summed E-state index contributed by atoms with van der Waals surface area (Å²) in [7, 11) is 4.11. The van der Waals surface area contributed by atoms with E-state index >= 15 is 0 Å². The summed E-state index contributed by atoms with van der Waals surface area (Å²) in [6, 6.07) is 9.02. The Morgan fingerprint density at radius 3 is 2.52 bits per heavy atom. The Labute approximate surface area is 181 Å². The fraction of sp³-hybridized carbons (Fsp3) is 0.696. The largest absolute Gasteiger partial charge is 0.378 e. The van der Waals surface area contributed by atoms with Crippen LogP contribution in [-0.4, -0.2) is 74.3 Å². The Hall–Kier alpha value is -1.37. The molecule has 2 N–H and O–H groups in total. The van der Waals surface area contributed by atoms with Crippen molar-refractivity contribution in [2.24, 2.45) is 11.8 Å². The van der Waals surface area contributed by atoms with E-state index in [1.807, 2.05) is 0 Å². The van der Waals surface area contributed by atoms with Gasteiger partial charge in [-0.3, -0.25) is 4.90 Å². The highest BCUT2D eigenvalue weighted by Crippen LogP contribution is 2.36. The van der Waals surface area contributed by atoms with Crippen molar-refractivity contribution in [2.75, 3.05) is 63.6 Å². The van der Waals surface area contributed by atoms with E-state index in [0.717, 1.165) is 29.2 Å². The Bertz CT molecular complexity index is 670. The zero-order chi connectivity index (χ0) is 20.2. The zero-order valence-electron chi connectivity index (χ0n) is 18.1. The van der Waals surface area contributed by atoms with Crippen molar-refractivity contribution < 1.29 is 0 Å². The van der Waals surface area contributed by atoms with Crippen molar-refractivity contribution in [3.8, 4) is 0 Å². The quantitative estimate of drug-likeness (QED) is 0.695. The molecule has 5 rings (SSSR count). The fourth-order valence-corrected chi connectivity index (χ4v) is 5.57. The van der Waals surface area contributed by atoms with Crippen molar-refractivity contribution >= 4 is 28.7 Å². The maximum absolute atomic E-state index is 5.55. The molecule has 2 bridgehead atoms. The predicted octanol–water partition coefficient (Wildman–Crippen LogP) is 3.24. The minimum absolute atomic E-state index is 0.627. The highest BCUT2D eigenvalue weighted by Gasteiger charge is 2.40. The van der Waals surface area contributed by atoms with Crippen LogP contribution < -0.4 is 15.5 Å². The number of nitrogens with one attached hydrogen (secondary N) is 2. The van der Waals surface area contributed by atoms with Crippen LogP contribution in [0.25, 0.3) is 0 Å². The number of nitrogens with zero attached hydrogens (tertiary/aromatic N) is 3. The van der Waals surface area contributed by atoms with Crippen molar-refractivity contribution in [1.29, 1.82) is 0 Å². The number of thiocarbonyl (C=S) groups is 1. The van der Waals surface area contributed by atoms with Crippen molar-refractivity contribution in [2.45, 2.75) is 38.1 Å².